The molecule has 0 bridgehead atoms. The van der Waals surface area contributed by atoms with E-state index in [1.54, 1.807) is 4.90 Å². The van der Waals surface area contributed by atoms with Gasteiger partial charge in [-0.25, -0.2) is 4.79 Å². The van der Waals surface area contributed by atoms with Gasteiger partial charge in [0.15, 0.2) is 0 Å². The lowest BCUT2D eigenvalue weighted by molar-refractivity contribution is -0.102. The summed E-state index contributed by atoms with van der Waals surface area (Å²) in [6.45, 7) is 2.53. The Morgan fingerprint density at radius 2 is 2.11 bits per heavy atom. The molecule has 2 aliphatic rings. The molecular formula is C14H17NO3. The number of carbonyl (C=O) groups is 1. The second-order valence-corrected chi connectivity index (χ2v) is 5.03. The topological polar surface area (TPSA) is 38.8 Å². The minimum absolute atomic E-state index is 0.0498. The summed E-state index contributed by atoms with van der Waals surface area (Å²) in [5.41, 5.74) is 0.962. The van der Waals surface area contributed by atoms with E-state index >= 15 is 0 Å². The monoisotopic (exact) mass is 247 g/mol. The van der Waals surface area contributed by atoms with Gasteiger partial charge in [-0.1, -0.05) is 30.3 Å². The summed E-state index contributed by atoms with van der Waals surface area (Å²) >= 11 is 0. The number of likely N-dealkylation sites (tertiary alicyclic amines) is 1. The number of hydrogen-bond acceptors (Lipinski definition) is 3. The van der Waals surface area contributed by atoms with Crippen molar-refractivity contribution in [1.82, 2.24) is 4.90 Å². The maximum Gasteiger partial charge on any atom is 0.410 e. The molecule has 1 aromatic rings. The van der Waals surface area contributed by atoms with E-state index in [4.69, 9.17) is 9.47 Å². The zero-order valence-corrected chi connectivity index (χ0v) is 10.3. The molecule has 0 atom stereocenters. The van der Waals surface area contributed by atoms with Gasteiger partial charge in [0.1, 0.15) is 12.2 Å². The van der Waals surface area contributed by atoms with Gasteiger partial charge in [-0.15, -0.1) is 0 Å². The van der Waals surface area contributed by atoms with Gasteiger partial charge in [0.25, 0.3) is 0 Å². The van der Waals surface area contributed by atoms with Crippen molar-refractivity contribution in [1.29, 1.82) is 0 Å². The van der Waals surface area contributed by atoms with Crippen LogP contribution in [0.15, 0.2) is 30.3 Å². The summed E-state index contributed by atoms with van der Waals surface area (Å²) in [6, 6.07) is 9.72. The second-order valence-electron chi connectivity index (χ2n) is 5.03. The van der Waals surface area contributed by atoms with Crippen molar-refractivity contribution >= 4 is 6.09 Å². The number of rotatable bonds is 2. The predicted octanol–water partition coefficient (Wildman–Crippen LogP) is 2.19. The Labute approximate surface area is 106 Å². The van der Waals surface area contributed by atoms with E-state index in [1.807, 2.05) is 30.3 Å². The molecule has 3 rings (SSSR count). The minimum Gasteiger partial charge on any atom is -0.445 e. The number of ether oxygens (including phenoxy) is 2. The Kier molecular flexibility index (Phi) is 2.96. The van der Waals surface area contributed by atoms with Crippen LogP contribution < -0.4 is 0 Å². The zero-order valence-electron chi connectivity index (χ0n) is 10.3. The smallest absolute Gasteiger partial charge is 0.410 e. The first-order valence-electron chi connectivity index (χ1n) is 6.37. The van der Waals surface area contributed by atoms with Gasteiger partial charge >= 0.3 is 6.09 Å². The standard InChI is InChI=1S/C14H17NO3/c16-13(17-9-12-5-2-1-3-6-12)15-10-14(11-15)7-4-8-18-14/h1-3,5-6H,4,7-11H2. The summed E-state index contributed by atoms with van der Waals surface area (Å²) in [6.07, 6.45) is 1.93. The molecule has 2 fully saturated rings. The van der Waals surface area contributed by atoms with Crippen molar-refractivity contribution in [2.75, 3.05) is 19.7 Å². The summed E-state index contributed by atoms with van der Waals surface area (Å²) in [5, 5.41) is 0. The highest BCUT2D eigenvalue weighted by atomic mass is 16.6. The third-order valence-corrected chi connectivity index (χ3v) is 3.61. The Morgan fingerprint density at radius 1 is 1.33 bits per heavy atom. The van der Waals surface area contributed by atoms with Crippen molar-refractivity contribution in [3.05, 3.63) is 35.9 Å². The predicted molar refractivity (Wildman–Crippen MR) is 66.1 cm³/mol. The lowest BCUT2D eigenvalue weighted by Gasteiger charge is -2.46. The number of amides is 1. The van der Waals surface area contributed by atoms with E-state index in [0.29, 0.717) is 19.7 Å². The summed E-state index contributed by atoms with van der Waals surface area (Å²) < 4.78 is 10.9. The molecule has 0 saturated carbocycles. The van der Waals surface area contributed by atoms with Crippen LogP contribution in [0.1, 0.15) is 18.4 Å². The molecule has 2 aliphatic heterocycles. The fourth-order valence-corrected chi connectivity index (χ4v) is 2.59. The van der Waals surface area contributed by atoms with Gasteiger partial charge in [0, 0.05) is 6.61 Å². The lowest BCUT2D eigenvalue weighted by Crippen LogP contribution is -2.63. The molecule has 96 valence electrons. The molecule has 0 aromatic heterocycles. The van der Waals surface area contributed by atoms with Crippen molar-refractivity contribution in [2.45, 2.75) is 25.0 Å². The normalized spacial score (nSPS) is 20.8. The molecule has 1 amide bonds. The van der Waals surface area contributed by atoms with E-state index in [1.165, 1.54) is 0 Å². The van der Waals surface area contributed by atoms with Crippen LogP contribution in [0.25, 0.3) is 0 Å². The van der Waals surface area contributed by atoms with Gasteiger partial charge in [-0.05, 0) is 18.4 Å². The summed E-state index contributed by atoms with van der Waals surface area (Å²) in [4.78, 5) is 13.5. The maximum absolute atomic E-state index is 11.8. The van der Waals surface area contributed by atoms with Crippen LogP contribution in [0, 0.1) is 0 Å². The first-order valence-corrected chi connectivity index (χ1v) is 6.37. The molecule has 18 heavy (non-hydrogen) atoms. The molecule has 0 radical (unpaired) electrons. The Balaban J connectivity index is 1.46. The average molecular weight is 247 g/mol. The van der Waals surface area contributed by atoms with Gasteiger partial charge in [0.2, 0.25) is 0 Å². The number of benzene rings is 1. The third kappa shape index (κ3) is 2.20. The molecule has 0 aliphatic carbocycles. The molecule has 2 saturated heterocycles. The van der Waals surface area contributed by atoms with E-state index < -0.39 is 0 Å². The van der Waals surface area contributed by atoms with Crippen LogP contribution in [0.5, 0.6) is 0 Å². The van der Waals surface area contributed by atoms with Crippen molar-refractivity contribution in [2.24, 2.45) is 0 Å². The van der Waals surface area contributed by atoms with Crippen molar-refractivity contribution in [3.63, 3.8) is 0 Å². The van der Waals surface area contributed by atoms with E-state index in [2.05, 4.69) is 0 Å². The zero-order chi connectivity index (χ0) is 12.4. The highest BCUT2D eigenvalue weighted by Gasteiger charge is 2.48. The van der Waals surface area contributed by atoms with Crippen LogP contribution in [-0.2, 0) is 16.1 Å². The minimum atomic E-state index is -0.236. The van der Waals surface area contributed by atoms with E-state index in [0.717, 1.165) is 25.0 Å². The highest BCUT2D eigenvalue weighted by molar-refractivity contribution is 5.69. The molecule has 2 heterocycles. The van der Waals surface area contributed by atoms with Crippen LogP contribution >= 0.6 is 0 Å². The van der Waals surface area contributed by atoms with Crippen LogP contribution in [0.3, 0.4) is 0 Å². The first-order chi connectivity index (χ1) is 8.77. The quantitative estimate of drug-likeness (QED) is 0.804. The second kappa shape index (κ2) is 4.61. The summed E-state index contributed by atoms with van der Waals surface area (Å²) in [5.74, 6) is 0. The van der Waals surface area contributed by atoms with E-state index in [9.17, 15) is 4.79 Å². The maximum atomic E-state index is 11.8. The largest absolute Gasteiger partial charge is 0.445 e. The number of carbonyl (C=O) groups excluding carboxylic acids is 1. The Hall–Kier alpha value is -1.55. The molecule has 1 spiro atoms. The van der Waals surface area contributed by atoms with E-state index in [-0.39, 0.29) is 11.7 Å². The van der Waals surface area contributed by atoms with Crippen molar-refractivity contribution < 1.29 is 14.3 Å². The number of hydrogen-bond donors (Lipinski definition) is 0. The van der Waals surface area contributed by atoms with Crippen LogP contribution in [0.2, 0.25) is 0 Å². The third-order valence-electron chi connectivity index (χ3n) is 3.61. The first kappa shape index (κ1) is 11.5. The fourth-order valence-electron chi connectivity index (χ4n) is 2.59. The van der Waals surface area contributed by atoms with Gasteiger partial charge in [-0.3, -0.25) is 0 Å². The highest BCUT2D eigenvalue weighted by Crippen LogP contribution is 2.35. The lowest BCUT2D eigenvalue weighted by atomic mass is 9.91. The van der Waals surface area contributed by atoms with Crippen LogP contribution in [0.4, 0.5) is 4.79 Å². The average Bonchev–Trinajstić information content (AvgIpc) is 2.85. The molecule has 0 unspecified atom stereocenters. The molecular weight excluding hydrogens is 230 g/mol. The fraction of sp³-hybridized carbons (Fsp3) is 0.500. The van der Waals surface area contributed by atoms with Crippen molar-refractivity contribution in [3.8, 4) is 0 Å². The Bertz CT molecular complexity index is 418. The molecule has 0 N–H and O–H groups in total. The summed E-state index contributed by atoms with van der Waals surface area (Å²) in [7, 11) is 0. The van der Waals surface area contributed by atoms with Crippen LogP contribution in [-0.4, -0.2) is 36.3 Å². The van der Waals surface area contributed by atoms with Gasteiger partial charge in [-0.2, -0.15) is 0 Å². The Morgan fingerprint density at radius 3 is 2.78 bits per heavy atom. The van der Waals surface area contributed by atoms with Gasteiger partial charge < -0.3 is 14.4 Å². The molecule has 4 nitrogen and oxygen atoms in total. The molecule has 4 heteroatoms. The number of nitrogens with zero attached hydrogens (tertiary/aromatic N) is 1. The molecule has 1 aromatic carbocycles. The SMILES string of the molecule is O=C(OCc1ccccc1)N1CC2(CCCO2)C1. The van der Waals surface area contributed by atoms with Gasteiger partial charge in [0.05, 0.1) is 13.1 Å².